The minimum absolute atomic E-state index is 0.248. The quantitative estimate of drug-likeness (QED) is 0.699. The Hall–Kier alpha value is -1.80. The number of likely N-dealkylation sites (tertiary alicyclic amines) is 1. The van der Waals surface area contributed by atoms with Gasteiger partial charge in [-0.1, -0.05) is 56.4 Å². The lowest BCUT2D eigenvalue weighted by Crippen LogP contribution is -2.31. The van der Waals surface area contributed by atoms with Crippen LogP contribution in [0, 0.1) is 5.92 Å². The van der Waals surface area contributed by atoms with E-state index in [9.17, 15) is 0 Å². The van der Waals surface area contributed by atoms with E-state index in [1.807, 2.05) is 6.08 Å². The van der Waals surface area contributed by atoms with E-state index in [0.29, 0.717) is 6.61 Å². The van der Waals surface area contributed by atoms with Crippen molar-refractivity contribution in [2.45, 2.75) is 45.6 Å². The summed E-state index contributed by atoms with van der Waals surface area (Å²) < 4.78 is 6.16. The van der Waals surface area contributed by atoms with E-state index in [2.05, 4.69) is 61.7 Å². The smallest absolute Gasteiger partial charge is 0.124 e. The van der Waals surface area contributed by atoms with Crippen LogP contribution in [-0.4, -0.2) is 24.6 Å². The van der Waals surface area contributed by atoms with E-state index in [-0.39, 0.29) is 6.04 Å². The third-order valence-corrected chi connectivity index (χ3v) is 5.67. The van der Waals surface area contributed by atoms with Crippen LogP contribution in [0.1, 0.15) is 51.1 Å². The summed E-state index contributed by atoms with van der Waals surface area (Å²) in [6.07, 6.45) is 11.6. The molecule has 2 heteroatoms. The topological polar surface area (TPSA) is 12.5 Å². The molecule has 2 nitrogen and oxygen atoms in total. The average molecular weight is 338 g/mol. The highest BCUT2D eigenvalue weighted by Crippen LogP contribution is 2.40. The zero-order valence-electron chi connectivity index (χ0n) is 15.7. The molecule has 1 saturated heterocycles. The summed E-state index contributed by atoms with van der Waals surface area (Å²) in [7, 11) is 0. The first-order chi connectivity index (χ1) is 12.3. The Morgan fingerprint density at radius 2 is 2.08 bits per heavy atom. The summed E-state index contributed by atoms with van der Waals surface area (Å²) in [4.78, 5) is 2.66. The van der Waals surface area contributed by atoms with Crippen molar-refractivity contribution in [2.24, 2.45) is 5.92 Å². The van der Waals surface area contributed by atoms with E-state index in [0.717, 1.165) is 24.8 Å². The number of nitrogens with zero attached hydrogens (tertiary/aromatic N) is 1. The molecular formula is C23H31NO. The van der Waals surface area contributed by atoms with Gasteiger partial charge in [-0.05, 0) is 62.4 Å². The van der Waals surface area contributed by atoms with Crippen molar-refractivity contribution < 1.29 is 4.74 Å². The van der Waals surface area contributed by atoms with E-state index in [1.54, 1.807) is 0 Å². The summed E-state index contributed by atoms with van der Waals surface area (Å²) in [5.74, 6) is 1.89. The minimum atomic E-state index is 0.248. The lowest BCUT2D eigenvalue weighted by molar-refractivity contribution is 0.229. The van der Waals surface area contributed by atoms with Gasteiger partial charge in [0.1, 0.15) is 12.4 Å². The first kappa shape index (κ1) is 18.0. The van der Waals surface area contributed by atoms with Crippen LogP contribution in [-0.2, 0) is 0 Å². The van der Waals surface area contributed by atoms with Crippen LogP contribution in [0.15, 0.2) is 60.2 Å². The molecule has 2 atom stereocenters. The lowest BCUT2D eigenvalue weighted by atomic mass is 9.92. The molecule has 0 saturated carbocycles. The fourth-order valence-electron chi connectivity index (χ4n) is 4.26. The van der Waals surface area contributed by atoms with Gasteiger partial charge in [0.15, 0.2) is 0 Å². The van der Waals surface area contributed by atoms with E-state index >= 15 is 0 Å². The van der Waals surface area contributed by atoms with Gasteiger partial charge in [-0.15, -0.1) is 0 Å². The molecule has 134 valence electrons. The van der Waals surface area contributed by atoms with Gasteiger partial charge in [0.2, 0.25) is 0 Å². The van der Waals surface area contributed by atoms with Crippen molar-refractivity contribution in [2.75, 3.05) is 19.7 Å². The third kappa shape index (κ3) is 3.90. The normalized spacial score (nSPS) is 25.2. The van der Waals surface area contributed by atoms with Gasteiger partial charge in [-0.3, -0.25) is 4.90 Å². The maximum Gasteiger partial charge on any atom is 0.124 e. The van der Waals surface area contributed by atoms with Gasteiger partial charge in [-0.2, -0.15) is 0 Å². The molecule has 2 heterocycles. The number of hydrogen-bond donors (Lipinski definition) is 0. The maximum atomic E-state index is 6.16. The van der Waals surface area contributed by atoms with Gasteiger partial charge < -0.3 is 4.74 Å². The second kappa shape index (κ2) is 8.53. The predicted molar refractivity (Wildman–Crippen MR) is 106 cm³/mol. The summed E-state index contributed by atoms with van der Waals surface area (Å²) in [6.45, 7) is 11.5. The number of fused-ring (bicyclic) bond motifs is 1. The van der Waals surface area contributed by atoms with Crippen molar-refractivity contribution >= 4 is 0 Å². The minimum Gasteiger partial charge on any atom is -0.489 e. The van der Waals surface area contributed by atoms with Crippen LogP contribution in [0.2, 0.25) is 0 Å². The number of rotatable bonds is 4. The summed E-state index contributed by atoms with van der Waals surface area (Å²) in [5.41, 5.74) is 3.83. The van der Waals surface area contributed by atoms with E-state index in [4.69, 9.17) is 4.74 Å². The molecule has 1 aromatic carbocycles. The fourth-order valence-corrected chi connectivity index (χ4v) is 4.26. The molecule has 0 aliphatic carbocycles. The van der Waals surface area contributed by atoms with Crippen LogP contribution in [0.3, 0.4) is 0 Å². The monoisotopic (exact) mass is 337 g/mol. The van der Waals surface area contributed by atoms with Gasteiger partial charge in [0.05, 0.1) is 6.04 Å². The first-order valence-electron chi connectivity index (χ1n) is 9.72. The van der Waals surface area contributed by atoms with Crippen LogP contribution in [0.4, 0.5) is 0 Å². The Labute approximate surface area is 152 Å². The fraction of sp³-hybridized carbons (Fsp3) is 0.478. The molecule has 0 N–H and O–H groups in total. The Morgan fingerprint density at radius 1 is 1.24 bits per heavy atom. The Bertz CT molecular complexity index is 658. The number of allylic oxidation sites excluding steroid dienone is 1. The highest BCUT2D eigenvalue weighted by Gasteiger charge is 2.30. The number of benzene rings is 1. The molecule has 0 amide bonds. The van der Waals surface area contributed by atoms with Crippen LogP contribution in [0.5, 0.6) is 5.75 Å². The highest BCUT2D eigenvalue weighted by molar-refractivity contribution is 5.49. The zero-order chi connectivity index (χ0) is 17.6. The molecule has 1 fully saturated rings. The van der Waals surface area contributed by atoms with Crippen molar-refractivity contribution in [3.05, 3.63) is 65.8 Å². The molecule has 3 rings (SSSR count). The molecule has 2 aliphatic rings. The SMILES string of the molecule is C=CC1=C(/C=C\C)COc2ccccc2C1N1CCCC(CC)CC1. The van der Waals surface area contributed by atoms with Gasteiger partial charge in [0.25, 0.3) is 0 Å². The number of para-hydroxylation sites is 1. The molecule has 0 spiro atoms. The van der Waals surface area contributed by atoms with Crippen molar-refractivity contribution in [3.63, 3.8) is 0 Å². The Morgan fingerprint density at radius 3 is 2.84 bits per heavy atom. The standard InChI is InChI=1S/C23H31NO/c1-4-10-19-17-25-22-13-8-7-12-21(22)23(20(19)6-3)24-15-9-11-18(5-2)14-16-24/h4,6-8,10,12-13,18,23H,3,5,9,11,14-17H2,1-2H3/b10-4-. The van der Waals surface area contributed by atoms with Gasteiger partial charge >= 0.3 is 0 Å². The van der Waals surface area contributed by atoms with Gasteiger partial charge in [0, 0.05) is 5.56 Å². The molecule has 0 bridgehead atoms. The highest BCUT2D eigenvalue weighted by atomic mass is 16.5. The van der Waals surface area contributed by atoms with Crippen molar-refractivity contribution in [1.29, 1.82) is 0 Å². The van der Waals surface area contributed by atoms with Crippen LogP contribution >= 0.6 is 0 Å². The summed E-state index contributed by atoms with van der Waals surface area (Å²) in [6, 6.07) is 8.78. The molecule has 0 aromatic heterocycles. The summed E-state index contributed by atoms with van der Waals surface area (Å²) >= 11 is 0. The maximum absolute atomic E-state index is 6.16. The van der Waals surface area contributed by atoms with Crippen molar-refractivity contribution in [3.8, 4) is 5.75 Å². The molecule has 2 aliphatic heterocycles. The Kier molecular flexibility index (Phi) is 6.14. The third-order valence-electron chi connectivity index (χ3n) is 5.67. The molecular weight excluding hydrogens is 306 g/mol. The second-order valence-corrected chi connectivity index (χ2v) is 7.15. The van der Waals surface area contributed by atoms with Gasteiger partial charge in [-0.25, -0.2) is 0 Å². The summed E-state index contributed by atoms with van der Waals surface area (Å²) in [5, 5.41) is 0. The van der Waals surface area contributed by atoms with Crippen LogP contribution < -0.4 is 4.74 Å². The second-order valence-electron chi connectivity index (χ2n) is 7.15. The molecule has 1 aromatic rings. The molecule has 2 unspecified atom stereocenters. The molecule has 25 heavy (non-hydrogen) atoms. The predicted octanol–water partition coefficient (Wildman–Crippen LogP) is 5.69. The van der Waals surface area contributed by atoms with E-state index in [1.165, 1.54) is 42.4 Å². The Balaban J connectivity index is 2.03. The largest absolute Gasteiger partial charge is 0.489 e. The number of ether oxygens (including phenoxy) is 1. The van der Waals surface area contributed by atoms with E-state index < -0.39 is 0 Å². The average Bonchev–Trinajstić information content (AvgIpc) is 2.97. The zero-order valence-corrected chi connectivity index (χ0v) is 15.7. The van der Waals surface area contributed by atoms with Crippen molar-refractivity contribution in [1.82, 2.24) is 4.90 Å². The lowest BCUT2D eigenvalue weighted by Gasteiger charge is -2.32. The molecule has 0 radical (unpaired) electrons. The number of hydrogen-bond acceptors (Lipinski definition) is 2. The first-order valence-corrected chi connectivity index (χ1v) is 9.72. The van der Waals surface area contributed by atoms with Crippen LogP contribution in [0.25, 0.3) is 0 Å².